The predicted molar refractivity (Wildman–Crippen MR) is 178 cm³/mol. The summed E-state index contributed by atoms with van der Waals surface area (Å²) in [5, 5.41) is 8.29. The van der Waals surface area contributed by atoms with Crippen molar-refractivity contribution in [3.63, 3.8) is 0 Å². The van der Waals surface area contributed by atoms with E-state index in [1.165, 1.54) is 51.4 Å². The molecule has 2 aromatic heterocycles. The highest BCUT2D eigenvalue weighted by Crippen LogP contribution is 2.34. The summed E-state index contributed by atoms with van der Waals surface area (Å²) in [5.74, 6) is 1.43. The number of rotatable bonds is 17. The number of hydrogen-bond acceptors (Lipinski definition) is 6. The van der Waals surface area contributed by atoms with Crippen LogP contribution in [-0.2, 0) is 21.0 Å². The largest absolute Gasteiger partial charge is 0.496 e. The van der Waals surface area contributed by atoms with Gasteiger partial charge >= 0.3 is 0 Å². The lowest BCUT2D eigenvalue weighted by Crippen LogP contribution is -2.13. The summed E-state index contributed by atoms with van der Waals surface area (Å²) in [7, 11) is -2.05. The third-order valence-electron chi connectivity index (χ3n) is 7.80. The fourth-order valence-corrected chi connectivity index (χ4v) is 7.04. The number of aromatic amines is 1. The Bertz CT molecular complexity index is 1600. The Balaban J connectivity index is 1.33. The average Bonchev–Trinajstić information content (AvgIpc) is 3.55. The first-order chi connectivity index (χ1) is 21.0. The highest BCUT2D eigenvalue weighted by atomic mass is 35.5. The van der Waals surface area contributed by atoms with Gasteiger partial charge in [-0.05, 0) is 48.4 Å². The number of benzene rings is 2. The van der Waals surface area contributed by atoms with Gasteiger partial charge in [0.2, 0.25) is 0 Å². The van der Waals surface area contributed by atoms with E-state index >= 15 is 0 Å². The number of aromatic nitrogens is 4. The molecule has 0 aliphatic heterocycles. The van der Waals surface area contributed by atoms with Crippen molar-refractivity contribution in [2.75, 3.05) is 13.7 Å². The lowest BCUT2D eigenvalue weighted by Gasteiger charge is -2.16. The van der Waals surface area contributed by atoms with Crippen LogP contribution in [0.4, 0.5) is 0 Å². The molecule has 0 saturated heterocycles. The van der Waals surface area contributed by atoms with Crippen LogP contribution in [-0.4, -0.2) is 41.9 Å². The highest BCUT2D eigenvalue weighted by molar-refractivity contribution is 7.90. The molecule has 1 N–H and O–H groups in total. The summed E-state index contributed by atoms with van der Waals surface area (Å²) in [6, 6.07) is 11.9. The summed E-state index contributed by atoms with van der Waals surface area (Å²) in [4.78, 5) is 4.88. The molecule has 2 heterocycles. The van der Waals surface area contributed by atoms with Crippen LogP contribution in [0.15, 0.2) is 47.4 Å². The number of nitrogens with one attached hydrogen (secondary N) is 1. The third-order valence-corrected chi connectivity index (χ3v) is 9.86. The average molecular weight is 643 g/mol. The Morgan fingerprint density at radius 2 is 1.55 bits per heavy atom. The normalized spacial score (nSPS) is 12.2. The van der Waals surface area contributed by atoms with E-state index in [1.807, 2.05) is 0 Å². The van der Waals surface area contributed by atoms with Crippen LogP contribution >= 0.6 is 11.6 Å². The Labute approximate surface area is 267 Å². The molecule has 0 spiro atoms. The monoisotopic (exact) mass is 642 g/mol. The fraction of sp³-hybridized carbons (Fsp3) is 0.529. The van der Waals surface area contributed by atoms with Crippen LogP contribution in [0.3, 0.4) is 0 Å². The standard InChI is InChI=1S/C34H47ClN4O4S/c1-6-7-8-9-10-11-12-13-14-15-22-43-26-17-19-27(20-18-26)44(40,41)24-25-16-21-29(42-5)28(23-25)32-36-33-30(35)31(34(2,3)4)37-39(33)38-32/h16-21,23,37H,6-15,22,24H2,1-5H3. The molecule has 0 saturated carbocycles. The third kappa shape index (κ3) is 8.78. The summed E-state index contributed by atoms with van der Waals surface area (Å²) >= 11 is 6.61. The number of halogens is 1. The SMILES string of the molecule is CCCCCCCCCCCCOc1ccc(S(=O)(=O)Cc2ccc(OC)c(-c3nc4c(Cl)c(C(C)(C)C)[nH]n4n3)c2)cc1. The Morgan fingerprint density at radius 3 is 2.14 bits per heavy atom. The molecule has 2 aromatic carbocycles. The molecule has 0 unspecified atom stereocenters. The Hall–Kier alpha value is -3.04. The van der Waals surface area contributed by atoms with Crippen LogP contribution in [0.2, 0.25) is 5.02 Å². The number of ether oxygens (including phenoxy) is 2. The van der Waals surface area contributed by atoms with Gasteiger partial charge < -0.3 is 9.47 Å². The second-order valence-electron chi connectivity index (χ2n) is 12.5. The minimum atomic E-state index is -3.61. The fourth-order valence-electron chi connectivity index (χ4n) is 5.26. The van der Waals surface area contributed by atoms with Gasteiger partial charge in [-0.3, -0.25) is 5.10 Å². The predicted octanol–water partition coefficient (Wildman–Crippen LogP) is 8.96. The molecule has 0 bridgehead atoms. The Morgan fingerprint density at radius 1 is 0.909 bits per heavy atom. The van der Waals surface area contributed by atoms with Crippen molar-refractivity contribution in [3.05, 3.63) is 58.7 Å². The van der Waals surface area contributed by atoms with Gasteiger partial charge in [0.05, 0.1) is 35.6 Å². The lowest BCUT2D eigenvalue weighted by molar-refractivity contribution is 0.304. The van der Waals surface area contributed by atoms with E-state index in [4.69, 9.17) is 21.1 Å². The van der Waals surface area contributed by atoms with Crippen molar-refractivity contribution in [1.29, 1.82) is 0 Å². The first-order valence-electron chi connectivity index (χ1n) is 15.8. The van der Waals surface area contributed by atoms with Gasteiger partial charge in [0.15, 0.2) is 21.3 Å². The Kier molecular flexibility index (Phi) is 11.8. The molecule has 0 atom stereocenters. The summed E-state index contributed by atoms with van der Waals surface area (Å²) in [5.41, 5.74) is 2.32. The van der Waals surface area contributed by atoms with E-state index in [0.29, 0.717) is 45.7 Å². The van der Waals surface area contributed by atoms with Gasteiger partial charge in [0.1, 0.15) is 16.5 Å². The smallest absolute Gasteiger partial charge is 0.194 e. The number of unbranched alkanes of at least 4 members (excludes halogenated alkanes) is 9. The maximum atomic E-state index is 13.3. The molecular formula is C34H47ClN4O4S. The van der Waals surface area contributed by atoms with Crippen LogP contribution in [0.25, 0.3) is 17.0 Å². The maximum Gasteiger partial charge on any atom is 0.194 e. The number of methoxy groups -OCH3 is 1. The first-order valence-corrected chi connectivity index (χ1v) is 17.8. The zero-order valence-corrected chi connectivity index (χ0v) is 28.4. The maximum absolute atomic E-state index is 13.3. The zero-order valence-electron chi connectivity index (χ0n) is 26.8. The van der Waals surface area contributed by atoms with Gasteiger partial charge in [-0.2, -0.15) is 4.63 Å². The van der Waals surface area contributed by atoms with E-state index in [2.05, 4.69) is 42.9 Å². The number of nitrogens with zero attached hydrogens (tertiary/aromatic N) is 3. The molecule has 240 valence electrons. The van der Waals surface area contributed by atoms with Crippen molar-refractivity contribution in [1.82, 2.24) is 19.8 Å². The minimum absolute atomic E-state index is 0.177. The number of sulfone groups is 1. The molecule has 4 rings (SSSR count). The van der Waals surface area contributed by atoms with Gasteiger partial charge in [-0.1, -0.05) is 103 Å². The quantitative estimate of drug-likeness (QED) is 0.115. The molecule has 8 nitrogen and oxygen atoms in total. The molecule has 44 heavy (non-hydrogen) atoms. The lowest BCUT2D eigenvalue weighted by atomic mass is 9.92. The van der Waals surface area contributed by atoms with Crippen molar-refractivity contribution in [2.24, 2.45) is 0 Å². The molecule has 0 radical (unpaired) electrons. The van der Waals surface area contributed by atoms with E-state index < -0.39 is 9.84 Å². The highest BCUT2D eigenvalue weighted by Gasteiger charge is 2.25. The van der Waals surface area contributed by atoms with E-state index in [9.17, 15) is 8.42 Å². The number of fused-ring (bicyclic) bond motifs is 1. The van der Waals surface area contributed by atoms with Crippen molar-refractivity contribution < 1.29 is 17.9 Å². The van der Waals surface area contributed by atoms with Crippen LogP contribution in [0, 0.1) is 0 Å². The molecular weight excluding hydrogens is 596 g/mol. The molecule has 0 fully saturated rings. The van der Waals surface area contributed by atoms with E-state index in [1.54, 1.807) is 54.2 Å². The topological polar surface area (TPSA) is 98.6 Å². The summed E-state index contributed by atoms with van der Waals surface area (Å²) in [6.07, 6.45) is 12.7. The van der Waals surface area contributed by atoms with Crippen molar-refractivity contribution >= 4 is 27.1 Å². The zero-order chi connectivity index (χ0) is 31.7. The van der Waals surface area contributed by atoms with Crippen LogP contribution < -0.4 is 9.47 Å². The van der Waals surface area contributed by atoms with E-state index in [0.717, 1.165) is 18.5 Å². The summed E-state index contributed by atoms with van der Waals surface area (Å²) in [6.45, 7) is 9.05. The van der Waals surface area contributed by atoms with Gasteiger partial charge in [0, 0.05) is 5.41 Å². The second-order valence-corrected chi connectivity index (χ2v) is 14.9. The van der Waals surface area contributed by atoms with Gasteiger partial charge in [-0.15, -0.1) is 5.10 Å². The minimum Gasteiger partial charge on any atom is -0.496 e. The molecule has 0 aliphatic rings. The van der Waals surface area contributed by atoms with Crippen molar-refractivity contribution in [2.45, 2.75) is 108 Å². The van der Waals surface area contributed by atoms with Gasteiger partial charge in [-0.25, -0.2) is 13.4 Å². The summed E-state index contributed by atoms with van der Waals surface area (Å²) < 4.78 is 39.6. The van der Waals surface area contributed by atoms with Crippen molar-refractivity contribution in [3.8, 4) is 22.9 Å². The number of H-pyrrole nitrogens is 1. The van der Waals surface area contributed by atoms with Gasteiger partial charge in [0.25, 0.3) is 0 Å². The first kappa shape index (κ1) is 33.8. The molecule has 4 aromatic rings. The molecule has 10 heteroatoms. The van der Waals surface area contributed by atoms with Crippen LogP contribution in [0.1, 0.15) is 103 Å². The van der Waals surface area contributed by atoms with Crippen LogP contribution in [0.5, 0.6) is 11.5 Å². The van der Waals surface area contributed by atoms with E-state index in [-0.39, 0.29) is 16.1 Å². The molecule has 0 aliphatic carbocycles. The number of hydrogen-bond donors (Lipinski definition) is 1. The second kappa shape index (κ2) is 15.3. The molecule has 0 amide bonds.